The molecule has 0 fully saturated rings. The highest BCUT2D eigenvalue weighted by Gasteiger charge is 2.29. The Morgan fingerprint density at radius 2 is 1.65 bits per heavy atom. The van der Waals surface area contributed by atoms with E-state index in [1.54, 1.807) is 32.0 Å². The number of hydrogen-bond acceptors (Lipinski definition) is 4. The lowest BCUT2D eigenvalue weighted by molar-refractivity contribution is -0.116. The van der Waals surface area contributed by atoms with Crippen LogP contribution < -0.4 is 10.1 Å². The van der Waals surface area contributed by atoms with Gasteiger partial charge in [-0.15, -0.1) is 0 Å². The number of anilines is 1. The third-order valence-electron chi connectivity index (χ3n) is 5.45. The maximum absolute atomic E-state index is 13.8. The SMILES string of the molecule is COc1ccc(Cl)cc1NC(=O)CN(CCc1ccccc1)S(=O)(=O)c1c(C)cc(C)cc1C. The number of benzene rings is 3. The highest BCUT2D eigenvalue weighted by Crippen LogP contribution is 2.29. The van der Waals surface area contributed by atoms with Crippen LogP contribution in [0.25, 0.3) is 0 Å². The summed E-state index contributed by atoms with van der Waals surface area (Å²) in [6, 6.07) is 18.1. The number of carbonyl (C=O) groups excluding carboxylic acids is 1. The van der Waals surface area contributed by atoms with Crippen molar-refractivity contribution in [3.8, 4) is 5.75 Å². The number of amides is 1. The van der Waals surface area contributed by atoms with Gasteiger partial charge in [0.25, 0.3) is 0 Å². The van der Waals surface area contributed by atoms with Crippen molar-refractivity contribution >= 4 is 33.2 Å². The first kappa shape index (κ1) is 25.7. The van der Waals surface area contributed by atoms with Gasteiger partial charge in [-0.2, -0.15) is 4.31 Å². The molecular weight excluding hydrogens is 472 g/mol. The largest absolute Gasteiger partial charge is 0.495 e. The Bertz CT molecular complexity index is 1250. The molecule has 3 aromatic carbocycles. The van der Waals surface area contributed by atoms with E-state index < -0.39 is 15.9 Å². The molecule has 34 heavy (non-hydrogen) atoms. The number of halogens is 1. The van der Waals surface area contributed by atoms with Crippen molar-refractivity contribution < 1.29 is 17.9 Å². The van der Waals surface area contributed by atoms with Gasteiger partial charge in [0.15, 0.2) is 0 Å². The topological polar surface area (TPSA) is 75.7 Å². The maximum Gasteiger partial charge on any atom is 0.244 e. The number of ether oxygens (including phenoxy) is 1. The number of nitrogens with zero attached hydrogens (tertiary/aromatic N) is 1. The summed E-state index contributed by atoms with van der Waals surface area (Å²) in [5, 5.41) is 3.16. The number of sulfonamides is 1. The third-order valence-corrected chi connectivity index (χ3v) is 7.84. The lowest BCUT2D eigenvalue weighted by atomic mass is 10.1. The van der Waals surface area contributed by atoms with Crippen LogP contribution in [0, 0.1) is 20.8 Å². The van der Waals surface area contributed by atoms with E-state index >= 15 is 0 Å². The van der Waals surface area contributed by atoms with Crippen LogP contribution in [-0.4, -0.2) is 38.8 Å². The summed E-state index contributed by atoms with van der Waals surface area (Å²) in [5.41, 5.74) is 3.65. The smallest absolute Gasteiger partial charge is 0.244 e. The van der Waals surface area contributed by atoms with Gasteiger partial charge in [0, 0.05) is 11.6 Å². The van der Waals surface area contributed by atoms with Gasteiger partial charge in [0.2, 0.25) is 15.9 Å². The number of hydrogen-bond donors (Lipinski definition) is 1. The number of rotatable bonds is 9. The predicted octanol–water partition coefficient (Wildman–Crippen LogP) is 5.15. The highest BCUT2D eigenvalue weighted by molar-refractivity contribution is 7.89. The molecule has 0 unspecified atom stereocenters. The molecule has 0 heterocycles. The summed E-state index contributed by atoms with van der Waals surface area (Å²) in [4.78, 5) is 13.2. The van der Waals surface area contributed by atoms with Crippen LogP contribution in [0.15, 0.2) is 65.6 Å². The standard InChI is InChI=1S/C26H29ClN2O4S/c1-18-14-19(2)26(20(3)15-18)34(31,32)29(13-12-21-8-6-5-7-9-21)17-25(30)28-23-16-22(27)10-11-24(23)33-4/h5-11,14-16H,12-13,17H2,1-4H3,(H,28,30). The van der Waals surface area contributed by atoms with E-state index in [1.807, 2.05) is 49.4 Å². The molecule has 1 N–H and O–H groups in total. The Kier molecular flexibility index (Phi) is 8.36. The van der Waals surface area contributed by atoms with Crippen LogP contribution in [0.5, 0.6) is 5.75 Å². The lowest BCUT2D eigenvalue weighted by Crippen LogP contribution is -2.40. The van der Waals surface area contributed by atoms with E-state index in [2.05, 4.69) is 5.32 Å². The minimum absolute atomic E-state index is 0.152. The van der Waals surface area contributed by atoms with Crippen LogP contribution in [0.2, 0.25) is 5.02 Å². The number of carbonyl (C=O) groups is 1. The van der Waals surface area contributed by atoms with Gasteiger partial charge < -0.3 is 10.1 Å². The van der Waals surface area contributed by atoms with Crippen molar-refractivity contribution in [2.45, 2.75) is 32.1 Å². The van der Waals surface area contributed by atoms with Crippen LogP contribution in [0.4, 0.5) is 5.69 Å². The van der Waals surface area contributed by atoms with Crippen molar-refractivity contribution in [2.75, 3.05) is 25.5 Å². The van der Waals surface area contributed by atoms with E-state index in [0.717, 1.165) is 11.1 Å². The quantitative estimate of drug-likeness (QED) is 0.441. The molecule has 0 radical (unpaired) electrons. The van der Waals surface area contributed by atoms with Gasteiger partial charge in [-0.25, -0.2) is 8.42 Å². The first-order chi connectivity index (χ1) is 16.1. The monoisotopic (exact) mass is 500 g/mol. The second-order valence-corrected chi connectivity index (χ2v) is 10.5. The summed E-state index contributed by atoms with van der Waals surface area (Å²) < 4.78 is 34.1. The molecule has 0 saturated heterocycles. The van der Waals surface area contributed by atoms with Gasteiger partial charge in [-0.05, 0) is 62.1 Å². The van der Waals surface area contributed by atoms with Crippen molar-refractivity contribution in [2.24, 2.45) is 0 Å². The van der Waals surface area contributed by atoms with Crippen molar-refractivity contribution in [3.63, 3.8) is 0 Å². The second kappa shape index (κ2) is 11.0. The number of aryl methyl sites for hydroxylation is 3. The fourth-order valence-corrected chi connectivity index (χ4v) is 5.99. The normalized spacial score (nSPS) is 11.5. The first-order valence-corrected chi connectivity index (χ1v) is 12.7. The molecule has 3 rings (SSSR count). The molecule has 8 heteroatoms. The second-order valence-electron chi connectivity index (χ2n) is 8.19. The summed E-state index contributed by atoms with van der Waals surface area (Å²) in [6.07, 6.45) is 0.470. The Balaban J connectivity index is 1.92. The van der Waals surface area contributed by atoms with Crippen LogP contribution >= 0.6 is 11.6 Å². The molecule has 0 atom stereocenters. The van der Waals surface area contributed by atoms with E-state index in [4.69, 9.17) is 16.3 Å². The molecule has 0 aliphatic rings. The molecule has 0 saturated carbocycles. The predicted molar refractivity (Wildman–Crippen MR) is 136 cm³/mol. The fourth-order valence-electron chi connectivity index (χ4n) is 4.01. The maximum atomic E-state index is 13.8. The number of nitrogens with one attached hydrogen (secondary N) is 1. The molecule has 3 aromatic rings. The zero-order chi connectivity index (χ0) is 24.9. The Morgan fingerprint density at radius 1 is 1.00 bits per heavy atom. The Morgan fingerprint density at radius 3 is 2.26 bits per heavy atom. The average Bonchev–Trinajstić information content (AvgIpc) is 2.76. The molecule has 0 bridgehead atoms. The number of methoxy groups -OCH3 is 1. The molecule has 1 amide bonds. The Labute approximate surface area is 206 Å². The average molecular weight is 501 g/mol. The van der Waals surface area contributed by atoms with Crippen molar-refractivity contribution in [3.05, 3.63) is 87.9 Å². The summed E-state index contributed by atoms with van der Waals surface area (Å²) in [5.74, 6) is -0.0544. The molecule has 0 aliphatic heterocycles. The fraction of sp³-hybridized carbons (Fsp3) is 0.269. The molecule has 180 valence electrons. The molecule has 0 aliphatic carbocycles. The van der Waals surface area contributed by atoms with Crippen LogP contribution in [-0.2, 0) is 21.2 Å². The zero-order valence-electron chi connectivity index (χ0n) is 19.8. The highest BCUT2D eigenvalue weighted by atomic mass is 35.5. The van der Waals surface area contributed by atoms with Crippen LogP contribution in [0.3, 0.4) is 0 Å². The van der Waals surface area contributed by atoms with E-state index in [0.29, 0.717) is 34.0 Å². The molecule has 0 aromatic heterocycles. The summed E-state index contributed by atoms with van der Waals surface area (Å²) in [7, 11) is -2.46. The lowest BCUT2D eigenvalue weighted by Gasteiger charge is -2.24. The minimum Gasteiger partial charge on any atom is -0.495 e. The Hall–Kier alpha value is -2.87. The van der Waals surface area contributed by atoms with Gasteiger partial charge >= 0.3 is 0 Å². The van der Waals surface area contributed by atoms with Gasteiger partial charge in [-0.3, -0.25) is 4.79 Å². The molecule has 0 spiro atoms. The van der Waals surface area contributed by atoms with Crippen LogP contribution in [0.1, 0.15) is 22.3 Å². The minimum atomic E-state index is -3.95. The van der Waals surface area contributed by atoms with Crippen molar-refractivity contribution in [1.82, 2.24) is 4.31 Å². The summed E-state index contributed by atoms with van der Waals surface area (Å²) >= 11 is 6.07. The third kappa shape index (κ3) is 6.17. The zero-order valence-corrected chi connectivity index (χ0v) is 21.3. The summed E-state index contributed by atoms with van der Waals surface area (Å²) in [6.45, 7) is 5.28. The van der Waals surface area contributed by atoms with Crippen molar-refractivity contribution in [1.29, 1.82) is 0 Å². The molecular formula is C26H29ClN2O4S. The van der Waals surface area contributed by atoms with Gasteiger partial charge in [0.05, 0.1) is 24.2 Å². The first-order valence-electron chi connectivity index (χ1n) is 10.9. The van der Waals surface area contributed by atoms with E-state index in [-0.39, 0.29) is 18.0 Å². The van der Waals surface area contributed by atoms with Gasteiger partial charge in [-0.1, -0.05) is 59.6 Å². The molecule has 6 nitrogen and oxygen atoms in total. The van der Waals surface area contributed by atoms with Gasteiger partial charge in [0.1, 0.15) is 5.75 Å². The van der Waals surface area contributed by atoms with E-state index in [1.165, 1.54) is 11.4 Å². The van der Waals surface area contributed by atoms with E-state index in [9.17, 15) is 13.2 Å².